The normalized spacial score (nSPS) is 12.0. The molecule has 6 nitrogen and oxygen atoms in total. The van der Waals surface area contributed by atoms with Gasteiger partial charge in [-0.2, -0.15) is 0 Å². The molecule has 0 saturated carbocycles. The van der Waals surface area contributed by atoms with Gasteiger partial charge in [0, 0.05) is 76.5 Å². The Bertz CT molecular complexity index is 6160. The van der Waals surface area contributed by atoms with Gasteiger partial charge in [-0.3, -0.25) is 4.57 Å². The van der Waals surface area contributed by atoms with E-state index in [1.165, 1.54) is 65.3 Å². The molecule has 0 fully saturated rings. The molecule has 6 heteroatoms. The van der Waals surface area contributed by atoms with Crippen molar-refractivity contribution in [2.45, 2.75) is 0 Å². The molecule has 19 aromatic rings. The molecule has 0 bridgehead atoms. The summed E-state index contributed by atoms with van der Waals surface area (Å²) in [6.45, 7) is 0. The summed E-state index contributed by atoms with van der Waals surface area (Å²) in [5.74, 6) is 1.49. The van der Waals surface area contributed by atoms with Crippen LogP contribution in [0.5, 0.6) is 0 Å². The van der Waals surface area contributed by atoms with Crippen molar-refractivity contribution in [3.05, 3.63) is 315 Å². The second-order valence-electron chi connectivity index (χ2n) is 23.7. The van der Waals surface area contributed by atoms with E-state index < -0.39 is 0 Å². The molecule has 0 atom stereocenters. The average molecular weight is 1150 g/mol. The van der Waals surface area contributed by atoms with E-state index in [-0.39, 0.29) is 0 Å². The third-order valence-corrected chi connectivity index (χ3v) is 18.7. The smallest absolute Gasteiger partial charge is 0.162 e. The fourth-order valence-electron chi connectivity index (χ4n) is 14.6. The first kappa shape index (κ1) is 50.1. The van der Waals surface area contributed by atoms with Gasteiger partial charge in [0.1, 0.15) is 5.82 Å². The minimum atomic E-state index is 0.658. The van der Waals surface area contributed by atoms with E-state index in [1.807, 2.05) is 0 Å². The molecule has 0 amide bonds. The van der Waals surface area contributed by atoms with Crippen molar-refractivity contribution in [3.8, 4) is 67.6 Å². The van der Waals surface area contributed by atoms with E-state index in [4.69, 9.17) is 9.97 Å². The molecule has 5 aromatic heterocycles. The summed E-state index contributed by atoms with van der Waals surface area (Å²) >= 11 is 0. The first-order chi connectivity index (χ1) is 44.6. The van der Waals surface area contributed by atoms with Gasteiger partial charge in [-0.1, -0.05) is 218 Å². The van der Waals surface area contributed by atoms with Gasteiger partial charge >= 0.3 is 0 Å². The van der Waals surface area contributed by atoms with Crippen LogP contribution < -0.4 is 0 Å². The van der Waals surface area contributed by atoms with Gasteiger partial charge in [-0.15, -0.1) is 0 Å². The van der Waals surface area contributed by atoms with Crippen LogP contribution in [0.3, 0.4) is 0 Å². The number of para-hydroxylation sites is 6. The molecule has 0 aliphatic heterocycles. The average Bonchev–Trinajstić information content (AvgIpc) is 1.54. The van der Waals surface area contributed by atoms with Crippen LogP contribution >= 0.6 is 0 Å². The Morgan fingerprint density at radius 1 is 0.189 bits per heavy atom. The molecule has 19 rings (SSSR count). The molecule has 0 aliphatic carbocycles. The zero-order chi connectivity index (χ0) is 59.0. The van der Waals surface area contributed by atoms with Crippen molar-refractivity contribution >= 4 is 109 Å². The largest absolute Gasteiger partial charge is 0.309 e. The summed E-state index contributed by atoms with van der Waals surface area (Å²) in [5, 5.41) is 12.9. The highest BCUT2D eigenvalue weighted by molar-refractivity contribution is 6.16. The van der Waals surface area contributed by atoms with Crippen molar-refractivity contribution in [2.75, 3.05) is 0 Å². The maximum absolute atomic E-state index is 5.72. The molecular formula is C84H52N6. The van der Waals surface area contributed by atoms with Gasteiger partial charge in [-0.25, -0.2) is 9.97 Å². The molecule has 0 spiro atoms. The summed E-state index contributed by atoms with van der Waals surface area (Å²) in [6.07, 6.45) is 0. The minimum absolute atomic E-state index is 0.658. The van der Waals surface area contributed by atoms with Crippen LogP contribution in [-0.4, -0.2) is 28.2 Å². The molecule has 0 aliphatic rings. The third kappa shape index (κ3) is 7.65. The highest BCUT2D eigenvalue weighted by Gasteiger charge is 2.22. The summed E-state index contributed by atoms with van der Waals surface area (Å²) in [5.41, 5.74) is 21.2. The van der Waals surface area contributed by atoms with Gasteiger partial charge in [0.15, 0.2) is 5.82 Å². The summed E-state index contributed by atoms with van der Waals surface area (Å²) < 4.78 is 9.60. The molecule has 0 saturated heterocycles. The minimum Gasteiger partial charge on any atom is -0.309 e. The number of hydrogen-bond donors (Lipinski definition) is 0. The molecule has 0 radical (unpaired) electrons. The standard InChI is InChI=1S/C84H52N6/c1-3-23-61(24-4-1)87-74-33-13-9-29-65(74)69-42-38-56(49-78(69)87)58-40-44-71-67-31-11-15-35-76(67)89(80(71)51-58)63-27-18-21-55(48-63)54-20-17-22-60(47-54)83-85-82-64-28-8-7-19-53(64)37-46-73(82)84(86-83)90-77-36-16-12-32-68(77)72-45-41-59(52-81(72)90)57-39-43-70-66-30-10-14-34-75(66)88(79(70)50-57)62-25-5-2-6-26-62/h1-52H. The SMILES string of the molecule is c1ccc(-n2c3ccccc3c3ccc(-c4ccc5c6ccccc6n(-c6cccc(-c7cccc(-c8nc(-n9c%10ccccc%10c%10ccc(-c%11ccc%12c%13ccccc%13n(-c%13ccccc%13)c%12c%11)cc%109)c9ccc%10ccccc%10c9n8)c7)c6)c5c4)cc32)cc1. The van der Waals surface area contributed by atoms with Crippen LogP contribution in [0.1, 0.15) is 0 Å². The molecule has 0 N–H and O–H groups in total. The molecule has 418 valence electrons. The topological polar surface area (TPSA) is 45.5 Å². The molecule has 0 unspecified atom stereocenters. The van der Waals surface area contributed by atoms with Gasteiger partial charge in [-0.05, 0) is 136 Å². The predicted octanol–water partition coefficient (Wildman–Crippen LogP) is 21.8. The number of fused-ring (bicyclic) bond motifs is 15. The summed E-state index contributed by atoms with van der Waals surface area (Å²) in [4.78, 5) is 11.3. The maximum Gasteiger partial charge on any atom is 0.162 e. The lowest BCUT2D eigenvalue weighted by Gasteiger charge is -2.15. The van der Waals surface area contributed by atoms with Crippen molar-refractivity contribution < 1.29 is 0 Å². The van der Waals surface area contributed by atoms with Crippen LogP contribution in [0.2, 0.25) is 0 Å². The van der Waals surface area contributed by atoms with E-state index in [1.54, 1.807) is 0 Å². The number of aromatic nitrogens is 6. The fourth-order valence-corrected chi connectivity index (χ4v) is 14.6. The quantitative estimate of drug-likeness (QED) is 0.142. The summed E-state index contributed by atoms with van der Waals surface area (Å²) in [6, 6.07) is 115. The van der Waals surface area contributed by atoms with Crippen molar-refractivity contribution in [1.29, 1.82) is 0 Å². The Morgan fingerprint density at radius 2 is 0.533 bits per heavy atom. The van der Waals surface area contributed by atoms with Gasteiger partial charge in [0.2, 0.25) is 0 Å². The van der Waals surface area contributed by atoms with Crippen LogP contribution in [0.25, 0.3) is 177 Å². The Hall–Kier alpha value is -12.1. The van der Waals surface area contributed by atoms with Crippen molar-refractivity contribution in [2.24, 2.45) is 0 Å². The number of rotatable bonds is 8. The van der Waals surface area contributed by atoms with Gasteiger partial charge in [0.25, 0.3) is 0 Å². The van der Waals surface area contributed by atoms with Crippen molar-refractivity contribution in [1.82, 2.24) is 28.2 Å². The fraction of sp³-hybridized carbons (Fsp3) is 0. The van der Waals surface area contributed by atoms with Crippen LogP contribution in [-0.2, 0) is 0 Å². The Kier molecular flexibility index (Phi) is 11.0. The van der Waals surface area contributed by atoms with Crippen molar-refractivity contribution in [3.63, 3.8) is 0 Å². The molecule has 14 aromatic carbocycles. The predicted molar refractivity (Wildman–Crippen MR) is 376 cm³/mol. The number of nitrogens with zero attached hydrogens (tertiary/aromatic N) is 6. The van der Waals surface area contributed by atoms with E-state index in [9.17, 15) is 0 Å². The zero-order valence-corrected chi connectivity index (χ0v) is 48.7. The van der Waals surface area contributed by atoms with Gasteiger partial charge < -0.3 is 13.7 Å². The first-order valence-electron chi connectivity index (χ1n) is 30.8. The molecule has 5 heterocycles. The van der Waals surface area contributed by atoms with E-state index in [0.29, 0.717) is 5.82 Å². The van der Waals surface area contributed by atoms with Crippen LogP contribution in [0.15, 0.2) is 315 Å². The second kappa shape index (κ2) is 19.7. The maximum atomic E-state index is 5.72. The second-order valence-corrected chi connectivity index (χ2v) is 23.7. The Morgan fingerprint density at radius 3 is 1.03 bits per heavy atom. The van der Waals surface area contributed by atoms with Crippen LogP contribution in [0, 0.1) is 0 Å². The first-order valence-corrected chi connectivity index (χ1v) is 30.8. The Balaban J connectivity index is 0.752. The summed E-state index contributed by atoms with van der Waals surface area (Å²) in [7, 11) is 0. The molecular weight excluding hydrogens is 1090 g/mol. The van der Waals surface area contributed by atoms with E-state index in [2.05, 4.69) is 334 Å². The van der Waals surface area contributed by atoms with Gasteiger partial charge in [0.05, 0.1) is 49.7 Å². The zero-order valence-electron chi connectivity index (χ0n) is 48.7. The van der Waals surface area contributed by atoms with E-state index >= 15 is 0 Å². The molecule has 90 heavy (non-hydrogen) atoms. The lowest BCUT2D eigenvalue weighted by molar-refractivity contribution is 1.08. The Labute approximate surface area is 517 Å². The third-order valence-electron chi connectivity index (χ3n) is 18.7. The lowest BCUT2D eigenvalue weighted by atomic mass is 10.0. The van der Waals surface area contributed by atoms with E-state index in [0.717, 1.165) is 105 Å². The monoisotopic (exact) mass is 1140 g/mol. The highest BCUT2D eigenvalue weighted by Crippen LogP contribution is 2.43. The van der Waals surface area contributed by atoms with Crippen LogP contribution in [0.4, 0.5) is 0 Å². The number of hydrogen-bond acceptors (Lipinski definition) is 2. The lowest BCUT2D eigenvalue weighted by Crippen LogP contribution is -2.03. The highest BCUT2D eigenvalue weighted by atomic mass is 15.1. The number of benzene rings is 14.